The molecule has 0 saturated heterocycles. The number of aromatic carboxylic acids is 1. The minimum Gasteiger partial charge on any atom is -0.493 e. The van der Waals surface area contributed by atoms with Crippen molar-refractivity contribution in [1.29, 1.82) is 0 Å². The molecule has 1 N–H and O–H groups in total. The Morgan fingerprint density at radius 2 is 1.79 bits per heavy atom. The Morgan fingerprint density at radius 1 is 1.03 bits per heavy atom. The normalized spacial score (nSPS) is 10.6. The molecule has 5 nitrogen and oxygen atoms in total. The van der Waals surface area contributed by atoms with Crippen molar-refractivity contribution < 1.29 is 19.4 Å². The smallest absolute Gasteiger partial charge is 0.336 e. The Morgan fingerprint density at radius 3 is 2.48 bits per heavy atom. The number of carbonyl (C=O) groups is 1. The van der Waals surface area contributed by atoms with E-state index < -0.39 is 5.97 Å². The van der Waals surface area contributed by atoms with Crippen LogP contribution in [0.25, 0.3) is 0 Å². The van der Waals surface area contributed by atoms with Gasteiger partial charge in [0.1, 0.15) is 18.1 Å². The summed E-state index contributed by atoms with van der Waals surface area (Å²) in [5.41, 5.74) is 3.87. The summed E-state index contributed by atoms with van der Waals surface area (Å²) in [6.07, 6.45) is 3.61. The summed E-state index contributed by atoms with van der Waals surface area (Å²) >= 11 is 0. The minimum atomic E-state index is -0.945. The van der Waals surface area contributed by atoms with Gasteiger partial charge in [-0.1, -0.05) is 37.3 Å². The number of nitrogens with zero attached hydrogens (tertiary/aromatic N) is 1. The van der Waals surface area contributed by atoms with Gasteiger partial charge in [0.05, 0.1) is 12.2 Å². The van der Waals surface area contributed by atoms with Gasteiger partial charge in [0.2, 0.25) is 0 Å². The molecular weight excluding hydrogens is 366 g/mol. The quantitative estimate of drug-likeness (QED) is 0.565. The first kappa shape index (κ1) is 20.4. The number of aromatic nitrogens is 1. The van der Waals surface area contributed by atoms with Gasteiger partial charge in [-0.2, -0.15) is 0 Å². The van der Waals surface area contributed by atoms with Crippen LogP contribution in [0.4, 0.5) is 0 Å². The molecular formula is C24H25NO4. The third kappa shape index (κ3) is 5.57. The molecule has 0 atom stereocenters. The molecule has 0 fully saturated rings. The largest absolute Gasteiger partial charge is 0.493 e. The second-order valence-corrected chi connectivity index (χ2v) is 6.79. The Balaban J connectivity index is 1.57. The summed E-state index contributed by atoms with van der Waals surface area (Å²) in [5.74, 6) is 0.389. The zero-order valence-electron chi connectivity index (χ0n) is 16.7. The van der Waals surface area contributed by atoms with E-state index in [4.69, 9.17) is 9.47 Å². The van der Waals surface area contributed by atoms with Crippen molar-refractivity contribution in [2.45, 2.75) is 33.3 Å². The van der Waals surface area contributed by atoms with Crippen LogP contribution in [0.15, 0.2) is 60.8 Å². The third-order valence-corrected chi connectivity index (χ3v) is 4.69. The first-order chi connectivity index (χ1) is 14.1. The number of pyridine rings is 1. The standard InChI is InChI=1S/C24H25NO4/c1-3-18-10-11-20(25-15-18)12-13-28-21-8-5-9-22(14-21)29-16-19-7-4-6-17(2)23(19)24(26)27/h4-11,14-15H,3,12-13,16H2,1-2H3,(H,26,27). The molecule has 3 aromatic rings. The molecule has 0 aliphatic carbocycles. The first-order valence-corrected chi connectivity index (χ1v) is 9.68. The highest BCUT2D eigenvalue weighted by Gasteiger charge is 2.13. The number of hydrogen-bond acceptors (Lipinski definition) is 4. The van der Waals surface area contributed by atoms with Crippen LogP contribution >= 0.6 is 0 Å². The monoisotopic (exact) mass is 391 g/mol. The molecule has 0 radical (unpaired) electrons. The van der Waals surface area contributed by atoms with Gasteiger partial charge in [-0.05, 0) is 42.7 Å². The lowest BCUT2D eigenvalue weighted by Gasteiger charge is -2.12. The van der Waals surface area contributed by atoms with Crippen LogP contribution in [0, 0.1) is 6.92 Å². The number of aryl methyl sites for hydroxylation is 2. The number of ether oxygens (including phenoxy) is 2. The lowest BCUT2D eigenvalue weighted by molar-refractivity contribution is 0.0693. The SMILES string of the molecule is CCc1ccc(CCOc2cccc(OCc3cccc(C)c3C(=O)O)c2)nc1. The van der Waals surface area contributed by atoms with Gasteiger partial charge in [0, 0.05) is 29.9 Å². The predicted molar refractivity (Wildman–Crippen MR) is 112 cm³/mol. The fourth-order valence-electron chi connectivity index (χ4n) is 3.06. The van der Waals surface area contributed by atoms with Crippen LogP contribution in [0.5, 0.6) is 11.5 Å². The van der Waals surface area contributed by atoms with Crippen molar-refractivity contribution in [3.8, 4) is 11.5 Å². The minimum absolute atomic E-state index is 0.181. The summed E-state index contributed by atoms with van der Waals surface area (Å²) < 4.78 is 11.6. The Bertz CT molecular complexity index is 967. The zero-order valence-corrected chi connectivity index (χ0v) is 16.7. The third-order valence-electron chi connectivity index (χ3n) is 4.69. The first-order valence-electron chi connectivity index (χ1n) is 9.68. The lowest BCUT2D eigenvalue weighted by atomic mass is 10.0. The van der Waals surface area contributed by atoms with Crippen molar-refractivity contribution >= 4 is 5.97 Å². The fraction of sp³-hybridized carbons (Fsp3) is 0.250. The molecule has 5 heteroatoms. The van der Waals surface area contributed by atoms with E-state index in [0.717, 1.165) is 24.1 Å². The van der Waals surface area contributed by atoms with Crippen LogP contribution in [0.2, 0.25) is 0 Å². The van der Waals surface area contributed by atoms with Gasteiger partial charge in [0.15, 0.2) is 0 Å². The maximum atomic E-state index is 11.5. The molecule has 2 aromatic carbocycles. The highest BCUT2D eigenvalue weighted by atomic mass is 16.5. The van der Waals surface area contributed by atoms with Gasteiger partial charge >= 0.3 is 5.97 Å². The summed E-state index contributed by atoms with van der Waals surface area (Å²) in [5, 5.41) is 9.43. The number of carboxylic acids is 1. The molecule has 0 amide bonds. The van der Waals surface area contributed by atoms with Crippen molar-refractivity contribution in [3.63, 3.8) is 0 Å². The maximum Gasteiger partial charge on any atom is 0.336 e. The van der Waals surface area contributed by atoms with E-state index in [1.54, 1.807) is 19.1 Å². The van der Waals surface area contributed by atoms with Crippen LogP contribution in [0.3, 0.4) is 0 Å². The molecule has 29 heavy (non-hydrogen) atoms. The second-order valence-electron chi connectivity index (χ2n) is 6.79. The van der Waals surface area contributed by atoms with E-state index in [9.17, 15) is 9.90 Å². The van der Waals surface area contributed by atoms with Crippen molar-refractivity contribution in [2.75, 3.05) is 6.61 Å². The van der Waals surface area contributed by atoms with E-state index in [0.29, 0.717) is 29.2 Å². The van der Waals surface area contributed by atoms with Crippen LogP contribution in [-0.4, -0.2) is 22.7 Å². The predicted octanol–water partition coefficient (Wildman–Crippen LogP) is 4.85. The molecule has 0 bridgehead atoms. The number of carboxylic acid groups (broad SMARTS) is 1. The number of rotatable bonds is 9. The fourth-order valence-corrected chi connectivity index (χ4v) is 3.06. The van der Waals surface area contributed by atoms with Crippen molar-refractivity contribution in [3.05, 3.63) is 88.7 Å². The van der Waals surface area contributed by atoms with Gasteiger partial charge in [0.25, 0.3) is 0 Å². The van der Waals surface area contributed by atoms with Crippen LogP contribution in [0.1, 0.15) is 39.7 Å². The Kier molecular flexibility index (Phi) is 6.85. The van der Waals surface area contributed by atoms with E-state index >= 15 is 0 Å². The molecule has 0 aliphatic rings. The van der Waals surface area contributed by atoms with E-state index in [1.165, 1.54) is 5.56 Å². The van der Waals surface area contributed by atoms with Gasteiger partial charge < -0.3 is 14.6 Å². The molecule has 1 aromatic heterocycles. The molecule has 0 unspecified atom stereocenters. The van der Waals surface area contributed by atoms with Crippen LogP contribution in [-0.2, 0) is 19.4 Å². The van der Waals surface area contributed by atoms with Crippen molar-refractivity contribution in [1.82, 2.24) is 4.98 Å². The van der Waals surface area contributed by atoms with Crippen molar-refractivity contribution in [2.24, 2.45) is 0 Å². The van der Waals surface area contributed by atoms with E-state index in [2.05, 4.69) is 18.0 Å². The number of hydrogen-bond donors (Lipinski definition) is 1. The molecule has 1 heterocycles. The molecule has 3 rings (SSSR count). The Hall–Kier alpha value is -3.34. The van der Waals surface area contributed by atoms with Gasteiger partial charge in [-0.25, -0.2) is 4.79 Å². The Labute approximate surface area is 171 Å². The second kappa shape index (κ2) is 9.73. The van der Waals surface area contributed by atoms with Gasteiger partial charge in [-0.3, -0.25) is 4.98 Å². The average molecular weight is 391 g/mol. The van der Waals surface area contributed by atoms with E-state index in [-0.39, 0.29) is 6.61 Å². The molecule has 0 spiro atoms. The van der Waals surface area contributed by atoms with Crippen LogP contribution < -0.4 is 9.47 Å². The highest BCUT2D eigenvalue weighted by Crippen LogP contribution is 2.22. The zero-order chi connectivity index (χ0) is 20.6. The summed E-state index contributed by atoms with van der Waals surface area (Å²) in [6, 6.07) is 16.9. The molecule has 0 aliphatic heterocycles. The summed E-state index contributed by atoms with van der Waals surface area (Å²) in [4.78, 5) is 15.9. The molecule has 150 valence electrons. The highest BCUT2D eigenvalue weighted by molar-refractivity contribution is 5.91. The summed E-state index contributed by atoms with van der Waals surface area (Å²) in [6.45, 7) is 4.59. The van der Waals surface area contributed by atoms with Gasteiger partial charge in [-0.15, -0.1) is 0 Å². The molecule has 0 saturated carbocycles. The topological polar surface area (TPSA) is 68.7 Å². The number of benzene rings is 2. The average Bonchev–Trinajstić information content (AvgIpc) is 2.73. The lowest BCUT2D eigenvalue weighted by Crippen LogP contribution is -2.08. The maximum absolute atomic E-state index is 11.5. The van der Waals surface area contributed by atoms with E-state index in [1.807, 2.05) is 42.6 Å². The summed E-state index contributed by atoms with van der Waals surface area (Å²) in [7, 11) is 0.